The summed E-state index contributed by atoms with van der Waals surface area (Å²) in [6.45, 7) is 10.3. The Bertz CT molecular complexity index is 2980. The molecule has 72 heavy (non-hydrogen) atoms. The van der Waals surface area contributed by atoms with Crippen molar-refractivity contribution in [3.05, 3.63) is 105 Å². The van der Waals surface area contributed by atoms with Crippen molar-refractivity contribution in [2.45, 2.75) is 101 Å². The zero-order valence-corrected chi connectivity index (χ0v) is 42.4. The predicted molar refractivity (Wildman–Crippen MR) is 263 cm³/mol. The van der Waals surface area contributed by atoms with Crippen LogP contribution in [0, 0.1) is 25.2 Å². The Morgan fingerprint density at radius 3 is 2.39 bits per heavy atom. The normalized spacial score (nSPS) is 25.0. The highest BCUT2D eigenvalue weighted by atomic mass is 32.2. The van der Waals surface area contributed by atoms with Crippen molar-refractivity contribution in [3.8, 4) is 46.3 Å². The van der Waals surface area contributed by atoms with Crippen LogP contribution in [0.5, 0.6) is 40.2 Å². The molecule has 17 nitrogen and oxygen atoms in total. The van der Waals surface area contributed by atoms with Gasteiger partial charge in [0, 0.05) is 59.6 Å². The van der Waals surface area contributed by atoms with Crippen LogP contribution >= 0.6 is 11.8 Å². The molecule has 2 unspecified atom stereocenters. The largest absolute Gasteiger partial charge is 0.514 e. The van der Waals surface area contributed by atoms with Gasteiger partial charge in [0.05, 0.1) is 37.6 Å². The molecule has 4 aromatic carbocycles. The van der Waals surface area contributed by atoms with Gasteiger partial charge in [0.2, 0.25) is 6.79 Å². The lowest BCUT2D eigenvalue weighted by atomic mass is 9.71. The summed E-state index contributed by atoms with van der Waals surface area (Å²) in [5.41, 5.74) is 3.78. The zero-order chi connectivity index (χ0) is 51.0. The molecule has 0 amide bonds. The maximum Gasteiger partial charge on any atom is 0.514 e. The number of esters is 3. The molecule has 0 aliphatic carbocycles. The van der Waals surface area contributed by atoms with Crippen LogP contribution < -0.4 is 38.5 Å². The van der Waals surface area contributed by atoms with Gasteiger partial charge >= 0.3 is 24.1 Å². The predicted octanol–water partition coefficient (Wildman–Crippen LogP) is 7.51. The fraction of sp³-hybridized carbons (Fsp3) is 0.426. The standard InChI is InChI=1S/C54H56N4O13S/c1-27-19-32-20-34-35(23-55)58-36-24-65-51(61)54(33-22-37(63-8)38(21-31(33)17-18-56-54)69-39(60)16-15-30-13-11-10-12-14-30)25-72-50(42-41(36)48-47(66-26-67-48)28(2)46(42)68-29(3)59)44(58)43(57(34)7)40(32)49(45(27)64-9)70-52(62)71-53(4,5)6/h10-16,19,21-22,34-36,43-44,50,56H,17-18,20,24-26H2,1-9H3/b16-15+/t34-,35-,36-,43?,44?,50+,54+/m0/s1. The first-order chi connectivity index (χ1) is 34.5. The number of fused-ring (bicyclic) bond motifs is 9. The molecule has 18 heteroatoms. The third-order valence-electron chi connectivity index (χ3n) is 14.4. The first kappa shape index (κ1) is 48.8. The lowest BCUT2D eigenvalue weighted by molar-refractivity contribution is -0.157. The Kier molecular flexibility index (Phi) is 12.7. The van der Waals surface area contributed by atoms with Crippen molar-refractivity contribution < 1.29 is 61.8 Å². The van der Waals surface area contributed by atoms with Crippen LogP contribution in [0.25, 0.3) is 6.08 Å². The van der Waals surface area contributed by atoms with Crippen LogP contribution in [0.4, 0.5) is 4.79 Å². The van der Waals surface area contributed by atoms with Crippen molar-refractivity contribution in [1.82, 2.24) is 15.1 Å². The number of piperazine rings is 1. The van der Waals surface area contributed by atoms with Gasteiger partial charge in [-0.15, -0.1) is 11.8 Å². The quantitative estimate of drug-likeness (QED) is 0.0827. The summed E-state index contributed by atoms with van der Waals surface area (Å²) in [6.07, 6.45) is 2.96. The molecule has 0 radical (unpaired) electrons. The van der Waals surface area contributed by atoms with E-state index in [1.807, 2.05) is 57.3 Å². The lowest BCUT2D eigenvalue weighted by Crippen LogP contribution is -2.69. The van der Waals surface area contributed by atoms with Crippen LogP contribution in [0.1, 0.15) is 95.1 Å². The number of nitrogens with zero attached hydrogens (tertiary/aromatic N) is 3. The molecule has 4 bridgehead atoms. The molecule has 0 aromatic heterocycles. The van der Waals surface area contributed by atoms with E-state index >= 15 is 4.79 Å². The summed E-state index contributed by atoms with van der Waals surface area (Å²) in [6, 6.07) is 14.2. The maximum absolute atomic E-state index is 15.3. The fourth-order valence-corrected chi connectivity index (χ4v) is 13.2. The van der Waals surface area contributed by atoms with Gasteiger partial charge in [-0.1, -0.05) is 36.4 Å². The van der Waals surface area contributed by atoms with Crippen molar-refractivity contribution in [1.29, 1.82) is 5.26 Å². The number of benzene rings is 4. The highest BCUT2D eigenvalue weighted by Crippen LogP contribution is 2.65. The molecule has 7 heterocycles. The number of rotatable bonds is 7. The van der Waals surface area contributed by atoms with Crippen LogP contribution in [0.15, 0.2) is 54.6 Å². The average molecular weight is 1000 g/mol. The molecular formula is C54H56N4O13S. The minimum absolute atomic E-state index is 0.0511. The molecule has 1 N–H and O–H groups in total. The second kappa shape index (κ2) is 18.7. The number of hydrogen-bond acceptors (Lipinski definition) is 18. The minimum Gasteiger partial charge on any atom is -0.493 e. The molecule has 11 rings (SSSR count). The van der Waals surface area contributed by atoms with Crippen LogP contribution in [-0.4, -0.2) is 105 Å². The molecular weight excluding hydrogens is 945 g/mol. The number of ether oxygens (including phenoxy) is 9. The average Bonchev–Trinajstić information content (AvgIpc) is 3.83. The van der Waals surface area contributed by atoms with Crippen molar-refractivity contribution in [2.24, 2.45) is 0 Å². The number of nitrogens with one attached hydrogen (secondary N) is 1. The number of nitriles is 1. The van der Waals surface area contributed by atoms with Crippen molar-refractivity contribution >= 4 is 41.9 Å². The summed E-state index contributed by atoms with van der Waals surface area (Å²) in [7, 11) is 4.95. The van der Waals surface area contributed by atoms with Crippen LogP contribution in [0.2, 0.25) is 0 Å². The minimum atomic E-state index is -1.50. The summed E-state index contributed by atoms with van der Waals surface area (Å²) in [5.74, 6) is 0.340. The molecule has 2 saturated heterocycles. The van der Waals surface area contributed by atoms with Crippen LogP contribution in [0.3, 0.4) is 0 Å². The van der Waals surface area contributed by atoms with E-state index in [2.05, 4.69) is 21.2 Å². The molecule has 7 atom stereocenters. The van der Waals surface area contributed by atoms with E-state index in [4.69, 9.17) is 42.6 Å². The first-order valence-corrected chi connectivity index (χ1v) is 24.9. The Balaban J connectivity index is 1.16. The second-order valence-corrected chi connectivity index (χ2v) is 20.9. The van der Waals surface area contributed by atoms with E-state index < -0.39 is 70.7 Å². The molecule has 2 fully saturated rings. The Labute approximate surface area is 421 Å². The number of thioether (sulfide) groups is 1. The number of aryl methyl sites for hydroxylation is 1. The molecule has 1 spiro atoms. The van der Waals surface area contributed by atoms with Gasteiger partial charge in [0.1, 0.15) is 24.0 Å². The maximum atomic E-state index is 15.3. The topological polar surface area (TPSA) is 194 Å². The molecule has 7 aliphatic heterocycles. The van der Waals surface area contributed by atoms with Gasteiger partial charge in [-0.25, -0.2) is 14.4 Å². The van der Waals surface area contributed by atoms with E-state index in [-0.39, 0.29) is 42.2 Å². The number of likely N-dealkylation sites (N-methyl/N-ethyl adjacent to an activating group) is 1. The monoisotopic (exact) mass is 1000 g/mol. The molecule has 0 saturated carbocycles. The molecule has 7 aliphatic rings. The number of carbonyl (C=O) groups excluding carboxylic acids is 4. The van der Waals surface area contributed by atoms with Gasteiger partial charge < -0.3 is 42.6 Å². The molecule has 4 aromatic rings. The lowest BCUT2D eigenvalue weighted by Gasteiger charge is -2.62. The first-order valence-electron chi connectivity index (χ1n) is 23.8. The summed E-state index contributed by atoms with van der Waals surface area (Å²) in [5, 5.41) is 14.3. The number of hydrogen-bond donors (Lipinski definition) is 1. The van der Waals surface area contributed by atoms with Gasteiger partial charge in [-0.2, -0.15) is 5.26 Å². The number of methoxy groups -OCH3 is 2. The highest BCUT2D eigenvalue weighted by Gasteiger charge is 2.62. The SMILES string of the molecule is COc1cc2c(cc1OC(=O)/C=C/c1ccccc1)CCN[C@]21CS[C@@H]2c3c(OC(C)=O)c(C)c4c(c3[C@H](COC1=O)N1C2C2c3c(cc(C)c(OC)c3OC(=O)OC(C)(C)C)C[C@@H]([C@@H]1C#N)N2C)OCO4. The smallest absolute Gasteiger partial charge is 0.493 e. The Morgan fingerprint density at radius 1 is 0.917 bits per heavy atom. The number of carbonyl (C=O) groups is 4. The van der Waals surface area contributed by atoms with E-state index in [9.17, 15) is 19.6 Å². The fourth-order valence-electron chi connectivity index (χ4n) is 11.6. The van der Waals surface area contributed by atoms with E-state index in [0.29, 0.717) is 64.5 Å². The van der Waals surface area contributed by atoms with Gasteiger partial charge in [0.25, 0.3) is 0 Å². The third kappa shape index (κ3) is 8.16. The van der Waals surface area contributed by atoms with Crippen molar-refractivity contribution in [2.75, 3.05) is 47.0 Å². The highest BCUT2D eigenvalue weighted by molar-refractivity contribution is 7.99. The summed E-state index contributed by atoms with van der Waals surface area (Å²) in [4.78, 5) is 59.9. The summed E-state index contributed by atoms with van der Waals surface area (Å²) >= 11 is 1.43. The van der Waals surface area contributed by atoms with Gasteiger partial charge in [0.15, 0.2) is 40.0 Å². The second-order valence-electron chi connectivity index (χ2n) is 19.8. The van der Waals surface area contributed by atoms with Crippen LogP contribution in [-0.2, 0) is 42.2 Å². The van der Waals surface area contributed by atoms with Gasteiger partial charge in [-0.05, 0) is 101 Å². The third-order valence-corrected chi connectivity index (χ3v) is 15.9. The molecule has 376 valence electrons. The Hall–Kier alpha value is -6.78. The van der Waals surface area contributed by atoms with Crippen molar-refractivity contribution in [3.63, 3.8) is 0 Å². The van der Waals surface area contributed by atoms with E-state index in [1.165, 1.54) is 39.0 Å². The Morgan fingerprint density at radius 2 is 1.68 bits per heavy atom. The van der Waals surface area contributed by atoms with E-state index in [0.717, 1.165) is 22.3 Å². The van der Waals surface area contributed by atoms with E-state index in [1.54, 1.807) is 39.0 Å². The van der Waals surface area contributed by atoms with Gasteiger partial charge in [-0.3, -0.25) is 19.9 Å². The summed E-state index contributed by atoms with van der Waals surface area (Å²) < 4.78 is 55.1. The zero-order valence-electron chi connectivity index (χ0n) is 41.5.